The number of ether oxygens (including phenoxy) is 1. The maximum atomic E-state index is 13.3. The molecule has 0 fully saturated rings. The largest absolute Gasteiger partial charge is 0.490 e. The maximum absolute atomic E-state index is 13.3. The van der Waals surface area contributed by atoms with Gasteiger partial charge in [-0.15, -0.1) is 0 Å². The smallest absolute Gasteiger partial charge is 0.127 e. The second-order valence-corrected chi connectivity index (χ2v) is 5.35. The summed E-state index contributed by atoms with van der Waals surface area (Å²) in [7, 11) is 1.96. The Morgan fingerprint density at radius 3 is 2.89 bits per heavy atom. The van der Waals surface area contributed by atoms with E-state index in [4.69, 9.17) is 4.74 Å². The van der Waals surface area contributed by atoms with Gasteiger partial charge in [0.2, 0.25) is 0 Å². The van der Waals surface area contributed by atoms with Gasteiger partial charge in [-0.2, -0.15) is 0 Å². The number of hydrogen-bond acceptors (Lipinski definition) is 2. The van der Waals surface area contributed by atoms with Crippen molar-refractivity contribution in [2.24, 2.45) is 0 Å². The molecule has 0 saturated carbocycles. The third kappa shape index (κ3) is 3.69. The lowest BCUT2D eigenvalue weighted by Crippen LogP contribution is -2.31. The van der Waals surface area contributed by atoms with Gasteiger partial charge in [0.25, 0.3) is 0 Å². The monoisotopic (exact) mass is 265 g/mol. The zero-order chi connectivity index (χ0) is 13.7. The average molecular weight is 265 g/mol. The molecule has 19 heavy (non-hydrogen) atoms. The predicted molar refractivity (Wildman–Crippen MR) is 76.0 cm³/mol. The van der Waals surface area contributed by atoms with Gasteiger partial charge >= 0.3 is 0 Å². The molecule has 0 spiro atoms. The minimum absolute atomic E-state index is 0.212. The zero-order valence-corrected chi connectivity index (χ0v) is 11.9. The lowest BCUT2D eigenvalue weighted by molar-refractivity contribution is 0.139. The number of rotatable bonds is 6. The molecule has 1 aliphatic rings. The van der Waals surface area contributed by atoms with Crippen molar-refractivity contribution < 1.29 is 9.13 Å². The molecule has 2 rings (SSSR count). The highest BCUT2D eigenvalue weighted by molar-refractivity contribution is 5.38. The molecule has 0 bridgehead atoms. The number of nitrogens with one attached hydrogen (secondary N) is 1. The van der Waals surface area contributed by atoms with Gasteiger partial charge in [0.1, 0.15) is 17.7 Å². The van der Waals surface area contributed by atoms with Crippen molar-refractivity contribution >= 4 is 0 Å². The maximum Gasteiger partial charge on any atom is 0.127 e. The van der Waals surface area contributed by atoms with E-state index in [9.17, 15) is 4.39 Å². The molecule has 2 unspecified atom stereocenters. The van der Waals surface area contributed by atoms with E-state index < -0.39 is 0 Å². The summed E-state index contributed by atoms with van der Waals surface area (Å²) in [6.07, 6.45) is 7.24. The fourth-order valence-electron chi connectivity index (χ4n) is 2.76. The summed E-state index contributed by atoms with van der Waals surface area (Å²) in [6.45, 7) is 2.22. The highest BCUT2D eigenvalue weighted by atomic mass is 19.1. The first-order chi connectivity index (χ1) is 9.24. The normalized spacial score (nSPS) is 21.8. The summed E-state index contributed by atoms with van der Waals surface area (Å²) in [5, 5.41) is 3.31. The van der Waals surface area contributed by atoms with Gasteiger partial charge in [0.15, 0.2) is 0 Å². The van der Waals surface area contributed by atoms with E-state index >= 15 is 0 Å². The zero-order valence-electron chi connectivity index (χ0n) is 11.9. The molecular weight excluding hydrogens is 241 g/mol. The molecule has 1 aromatic rings. The Morgan fingerprint density at radius 1 is 1.32 bits per heavy atom. The SMILES string of the molecule is CCCCCCC1CC(NC)c2ccc(F)cc2O1. The number of hydrogen-bond donors (Lipinski definition) is 1. The van der Waals surface area contributed by atoms with Crippen LogP contribution in [-0.4, -0.2) is 13.2 Å². The summed E-state index contributed by atoms with van der Waals surface area (Å²) in [4.78, 5) is 0. The molecular formula is C16H24FNO. The van der Waals surface area contributed by atoms with Crippen LogP contribution >= 0.6 is 0 Å². The average Bonchev–Trinajstić information content (AvgIpc) is 2.42. The van der Waals surface area contributed by atoms with Gasteiger partial charge < -0.3 is 10.1 Å². The molecule has 1 aliphatic heterocycles. The Balaban J connectivity index is 1.99. The summed E-state index contributed by atoms with van der Waals surface area (Å²) < 4.78 is 19.2. The standard InChI is InChI=1S/C16H24FNO/c1-3-4-5-6-7-13-11-15(18-2)14-9-8-12(17)10-16(14)19-13/h8-10,13,15,18H,3-7,11H2,1-2H3. The third-order valence-electron chi connectivity index (χ3n) is 3.87. The second kappa shape index (κ2) is 6.90. The highest BCUT2D eigenvalue weighted by Gasteiger charge is 2.27. The van der Waals surface area contributed by atoms with E-state index in [-0.39, 0.29) is 18.0 Å². The van der Waals surface area contributed by atoms with Gasteiger partial charge in [0.05, 0.1) is 0 Å². The fourth-order valence-corrected chi connectivity index (χ4v) is 2.76. The van der Waals surface area contributed by atoms with Crippen LogP contribution in [0.5, 0.6) is 5.75 Å². The number of benzene rings is 1. The van der Waals surface area contributed by atoms with Crippen molar-refractivity contribution in [3.05, 3.63) is 29.6 Å². The molecule has 0 aliphatic carbocycles. The molecule has 106 valence electrons. The first-order valence-electron chi connectivity index (χ1n) is 7.38. The van der Waals surface area contributed by atoms with Crippen LogP contribution in [0.4, 0.5) is 4.39 Å². The highest BCUT2D eigenvalue weighted by Crippen LogP contribution is 2.36. The number of halogens is 1. The van der Waals surface area contributed by atoms with Crippen LogP contribution < -0.4 is 10.1 Å². The van der Waals surface area contributed by atoms with Gasteiger partial charge in [0, 0.05) is 24.1 Å². The van der Waals surface area contributed by atoms with Crippen LogP contribution in [0.1, 0.15) is 57.1 Å². The van der Waals surface area contributed by atoms with Crippen molar-refractivity contribution in [1.82, 2.24) is 5.32 Å². The molecule has 1 N–H and O–H groups in total. The molecule has 2 nitrogen and oxygen atoms in total. The molecule has 1 heterocycles. The first-order valence-corrected chi connectivity index (χ1v) is 7.38. The van der Waals surface area contributed by atoms with E-state index in [2.05, 4.69) is 12.2 Å². The lowest BCUT2D eigenvalue weighted by Gasteiger charge is -2.32. The third-order valence-corrected chi connectivity index (χ3v) is 3.87. The van der Waals surface area contributed by atoms with Crippen molar-refractivity contribution in [3.8, 4) is 5.75 Å². The van der Waals surface area contributed by atoms with Crippen LogP contribution in [0.15, 0.2) is 18.2 Å². The summed E-state index contributed by atoms with van der Waals surface area (Å²) >= 11 is 0. The Labute approximate surface area is 115 Å². The number of unbranched alkanes of at least 4 members (excludes halogenated alkanes) is 3. The van der Waals surface area contributed by atoms with Crippen molar-refractivity contribution in [2.75, 3.05) is 7.05 Å². The van der Waals surface area contributed by atoms with E-state index in [1.165, 1.54) is 37.8 Å². The Morgan fingerprint density at radius 2 is 2.16 bits per heavy atom. The van der Waals surface area contributed by atoms with Crippen LogP contribution in [-0.2, 0) is 0 Å². The van der Waals surface area contributed by atoms with E-state index in [0.29, 0.717) is 5.75 Å². The fraction of sp³-hybridized carbons (Fsp3) is 0.625. The first kappa shape index (κ1) is 14.3. The summed E-state index contributed by atoms with van der Waals surface area (Å²) in [6, 6.07) is 5.13. The van der Waals surface area contributed by atoms with Crippen molar-refractivity contribution in [3.63, 3.8) is 0 Å². The molecule has 2 atom stereocenters. The minimum atomic E-state index is -0.222. The molecule has 0 saturated heterocycles. The number of fused-ring (bicyclic) bond motifs is 1. The van der Waals surface area contributed by atoms with Crippen LogP contribution in [0, 0.1) is 5.82 Å². The van der Waals surface area contributed by atoms with Gasteiger partial charge in [-0.05, 0) is 26.0 Å². The summed E-state index contributed by atoms with van der Waals surface area (Å²) in [5.74, 6) is 0.492. The lowest BCUT2D eigenvalue weighted by atomic mass is 9.94. The second-order valence-electron chi connectivity index (χ2n) is 5.35. The van der Waals surface area contributed by atoms with Crippen LogP contribution in [0.25, 0.3) is 0 Å². The Kier molecular flexibility index (Phi) is 5.20. The molecule has 0 aromatic heterocycles. The quantitative estimate of drug-likeness (QED) is 0.778. The minimum Gasteiger partial charge on any atom is -0.490 e. The van der Waals surface area contributed by atoms with Gasteiger partial charge in [-0.1, -0.05) is 32.3 Å². The van der Waals surface area contributed by atoms with Crippen molar-refractivity contribution in [1.29, 1.82) is 0 Å². The topological polar surface area (TPSA) is 21.3 Å². The van der Waals surface area contributed by atoms with Crippen LogP contribution in [0.3, 0.4) is 0 Å². The molecule has 0 amide bonds. The van der Waals surface area contributed by atoms with Gasteiger partial charge in [-0.3, -0.25) is 0 Å². The predicted octanol–water partition coefficient (Wildman–Crippen LogP) is 4.21. The van der Waals surface area contributed by atoms with E-state index in [1.807, 2.05) is 13.1 Å². The van der Waals surface area contributed by atoms with E-state index in [1.54, 1.807) is 0 Å². The molecule has 1 aromatic carbocycles. The van der Waals surface area contributed by atoms with Gasteiger partial charge in [-0.25, -0.2) is 4.39 Å². The van der Waals surface area contributed by atoms with Crippen molar-refractivity contribution in [2.45, 2.75) is 57.6 Å². The Bertz CT molecular complexity index is 408. The van der Waals surface area contributed by atoms with Crippen LogP contribution in [0.2, 0.25) is 0 Å². The molecule has 0 radical (unpaired) electrons. The summed E-state index contributed by atoms with van der Waals surface area (Å²) in [5.41, 5.74) is 1.08. The van der Waals surface area contributed by atoms with E-state index in [0.717, 1.165) is 18.4 Å². The molecule has 3 heteroatoms. The Hall–Kier alpha value is -1.09.